The van der Waals surface area contributed by atoms with Crippen LogP contribution >= 0.6 is 11.6 Å². The number of carbonyl (C=O) groups excluding carboxylic acids is 1. The van der Waals surface area contributed by atoms with Crippen LogP contribution in [0.2, 0.25) is 5.02 Å². The number of nitrogens with one attached hydrogen (secondary N) is 2. The minimum absolute atomic E-state index is 0.104. The van der Waals surface area contributed by atoms with Gasteiger partial charge in [-0.05, 0) is 30.9 Å². The Kier molecular flexibility index (Phi) is 5.49. The average molecular weight is 447 g/mol. The van der Waals surface area contributed by atoms with Crippen molar-refractivity contribution in [2.75, 3.05) is 12.3 Å². The van der Waals surface area contributed by atoms with Crippen molar-refractivity contribution in [1.29, 1.82) is 0 Å². The van der Waals surface area contributed by atoms with Gasteiger partial charge >= 0.3 is 0 Å². The fourth-order valence-electron chi connectivity index (χ4n) is 4.30. The van der Waals surface area contributed by atoms with Crippen LogP contribution in [0.25, 0.3) is 33.4 Å². The number of aromatic nitrogens is 4. The van der Waals surface area contributed by atoms with Crippen LogP contribution in [-0.2, 0) is 0 Å². The molecule has 8 heteroatoms. The predicted octanol–water partition coefficient (Wildman–Crippen LogP) is 4.84. The second kappa shape index (κ2) is 8.59. The number of aromatic amines is 1. The summed E-state index contributed by atoms with van der Waals surface area (Å²) in [6.07, 6.45) is 6.42. The van der Waals surface area contributed by atoms with E-state index in [1.54, 1.807) is 12.3 Å². The fourth-order valence-corrected chi connectivity index (χ4v) is 4.57. The Labute approximate surface area is 190 Å². The van der Waals surface area contributed by atoms with Crippen molar-refractivity contribution in [3.8, 4) is 22.5 Å². The van der Waals surface area contributed by atoms with Gasteiger partial charge < -0.3 is 11.1 Å². The van der Waals surface area contributed by atoms with Gasteiger partial charge in [0.1, 0.15) is 0 Å². The number of nitrogens with two attached hydrogens (primary N) is 1. The van der Waals surface area contributed by atoms with Gasteiger partial charge in [-0.1, -0.05) is 54.8 Å². The van der Waals surface area contributed by atoms with Crippen molar-refractivity contribution < 1.29 is 4.79 Å². The Morgan fingerprint density at radius 2 is 1.84 bits per heavy atom. The van der Waals surface area contributed by atoms with Crippen LogP contribution in [-0.4, -0.2) is 32.6 Å². The maximum absolute atomic E-state index is 13.0. The molecule has 1 saturated carbocycles. The number of rotatable bonds is 5. The molecule has 1 fully saturated rings. The molecule has 0 radical (unpaired) electrons. The number of anilines is 1. The summed E-state index contributed by atoms with van der Waals surface area (Å²) in [6.45, 7) is 0.628. The van der Waals surface area contributed by atoms with Crippen LogP contribution in [0.4, 0.5) is 5.82 Å². The number of fused-ring (bicyclic) bond motifs is 1. The molecule has 2 aromatic heterocycles. The molecule has 0 bridgehead atoms. The van der Waals surface area contributed by atoms with Gasteiger partial charge in [-0.3, -0.25) is 9.89 Å². The average Bonchev–Trinajstić information content (AvgIpc) is 3.50. The normalized spacial score (nSPS) is 14.2. The molecule has 0 saturated heterocycles. The Hall–Kier alpha value is -3.45. The van der Waals surface area contributed by atoms with Crippen molar-refractivity contribution >= 4 is 34.2 Å². The molecule has 0 unspecified atom stereocenters. The van der Waals surface area contributed by atoms with E-state index in [4.69, 9.17) is 22.3 Å². The number of hydrogen-bond acceptors (Lipinski definition) is 5. The van der Waals surface area contributed by atoms with E-state index in [1.807, 2.05) is 36.4 Å². The first-order valence-corrected chi connectivity index (χ1v) is 11.1. The smallest absolute Gasteiger partial charge is 0.273 e. The molecule has 4 N–H and O–H groups in total. The number of amides is 1. The standard InChI is InChI=1S/C24H23ClN6O/c25-18-11-16(10-17-13-28-31-19(17)18)21-20(15-8-2-1-3-9-15)30-23(26)22(29-21)24(32)27-12-14-6-4-5-7-14/h1-3,8-11,13-14H,4-7,12H2,(H2,26,30)(H,27,32)(H,28,31). The highest BCUT2D eigenvalue weighted by Crippen LogP contribution is 2.35. The first-order valence-electron chi connectivity index (χ1n) is 10.7. The van der Waals surface area contributed by atoms with Crippen LogP contribution in [0, 0.1) is 5.92 Å². The molecular formula is C24H23ClN6O. The summed E-state index contributed by atoms with van der Waals surface area (Å²) in [7, 11) is 0. The van der Waals surface area contributed by atoms with E-state index in [9.17, 15) is 4.79 Å². The van der Waals surface area contributed by atoms with Gasteiger partial charge in [-0.15, -0.1) is 0 Å². The third-order valence-electron chi connectivity index (χ3n) is 5.99. The molecule has 1 amide bonds. The van der Waals surface area contributed by atoms with Crippen LogP contribution in [0.15, 0.2) is 48.7 Å². The largest absolute Gasteiger partial charge is 0.382 e. The minimum Gasteiger partial charge on any atom is -0.382 e. The quantitative estimate of drug-likeness (QED) is 0.406. The first-order chi connectivity index (χ1) is 15.6. The summed E-state index contributed by atoms with van der Waals surface area (Å²) in [5, 5.41) is 11.3. The van der Waals surface area contributed by atoms with Crippen LogP contribution in [0.5, 0.6) is 0 Å². The SMILES string of the molecule is Nc1nc(-c2ccccc2)c(-c2cc(Cl)c3[nH]ncc3c2)nc1C(=O)NCC1CCCC1. The highest BCUT2D eigenvalue weighted by Gasteiger charge is 2.22. The first kappa shape index (κ1) is 20.5. The van der Waals surface area contributed by atoms with Crippen molar-refractivity contribution in [2.45, 2.75) is 25.7 Å². The second-order valence-corrected chi connectivity index (χ2v) is 8.58. The third-order valence-corrected chi connectivity index (χ3v) is 6.28. The predicted molar refractivity (Wildman–Crippen MR) is 126 cm³/mol. The van der Waals surface area contributed by atoms with Crippen LogP contribution in [0.3, 0.4) is 0 Å². The van der Waals surface area contributed by atoms with Crippen LogP contribution < -0.4 is 11.1 Å². The Morgan fingerprint density at radius 1 is 1.09 bits per heavy atom. The lowest BCUT2D eigenvalue weighted by Gasteiger charge is -2.15. The summed E-state index contributed by atoms with van der Waals surface area (Å²) in [4.78, 5) is 22.3. The molecule has 1 aliphatic rings. The molecule has 2 aromatic carbocycles. The molecule has 32 heavy (non-hydrogen) atoms. The zero-order valence-corrected chi connectivity index (χ0v) is 18.2. The molecule has 0 spiro atoms. The monoisotopic (exact) mass is 446 g/mol. The van der Waals surface area contributed by atoms with Gasteiger partial charge in [0.05, 0.1) is 28.1 Å². The van der Waals surface area contributed by atoms with Crippen LogP contribution in [0.1, 0.15) is 36.2 Å². The summed E-state index contributed by atoms with van der Waals surface area (Å²) >= 11 is 6.48. The molecule has 2 heterocycles. The lowest BCUT2D eigenvalue weighted by Crippen LogP contribution is -2.30. The fraction of sp³-hybridized carbons (Fsp3) is 0.250. The number of nitrogen functional groups attached to an aromatic ring is 1. The van der Waals surface area contributed by atoms with Gasteiger partial charge in [-0.2, -0.15) is 5.10 Å². The topological polar surface area (TPSA) is 110 Å². The zero-order valence-electron chi connectivity index (χ0n) is 17.4. The van der Waals surface area contributed by atoms with E-state index in [-0.39, 0.29) is 17.4 Å². The van der Waals surface area contributed by atoms with Gasteiger partial charge in [0.15, 0.2) is 11.5 Å². The zero-order chi connectivity index (χ0) is 22.1. The Balaban J connectivity index is 1.60. The summed E-state index contributed by atoms with van der Waals surface area (Å²) in [6, 6.07) is 13.4. The number of carbonyl (C=O) groups is 1. The maximum atomic E-state index is 13.0. The van der Waals surface area contributed by atoms with Crippen molar-refractivity contribution in [1.82, 2.24) is 25.5 Å². The molecule has 0 atom stereocenters. The number of hydrogen-bond donors (Lipinski definition) is 3. The highest BCUT2D eigenvalue weighted by molar-refractivity contribution is 6.35. The Morgan fingerprint density at radius 3 is 2.62 bits per heavy atom. The van der Waals surface area contributed by atoms with E-state index < -0.39 is 0 Å². The van der Waals surface area contributed by atoms with Gasteiger partial charge in [0.2, 0.25) is 0 Å². The van der Waals surface area contributed by atoms with Gasteiger partial charge in [0, 0.05) is 23.1 Å². The molecule has 0 aliphatic heterocycles. The maximum Gasteiger partial charge on any atom is 0.273 e. The van der Waals surface area contributed by atoms with E-state index in [1.165, 1.54) is 12.8 Å². The van der Waals surface area contributed by atoms with Crippen molar-refractivity contribution in [3.05, 3.63) is 59.4 Å². The summed E-state index contributed by atoms with van der Waals surface area (Å²) < 4.78 is 0. The molecule has 5 rings (SSSR count). The minimum atomic E-state index is -0.307. The van der Waals surface area contributed by atoms with Gasteiger partial charge in [-0.25, -0.2) is 9.97 Å². The lowest BCUT2D eigenvalue weighted by atomic mass is 10.0. The number of benzene rings is 2. The van der Waals surface area contributed by atoms with E-state index in [2.05, 4.69) is 20.5 Å². The molecule has 162 valence electrons. The third kappa shape index (κ3) is 3.91. The van der Waals surface area contributed by atoms with E-state index >= 15 is 0 Å². The number of H-pyrrole nitrogens is 1. The molecule has 1 aliphatic carbocycles. The molecule has 7 nitrogen and oxygen atoms in total. The number of nitrogens with zero attached hydrogens (tertiary/aromatic N) is 3. The van der Waals surface area contributed by atoms with E-state index in [0.717, 1.165) is 34.9 Å². The van der Waals surface area contributed by atoms with Gasteiger partial charge in [0.25, 0.3) is 5.91 Å². The van der Waals surface area contributed by atoms with Crippen molar-refractivity contribution in [3.63, 3.8) is 0 Å². The van der Waals surface area contributed by atoms with Crippen molar-refractivity contribution in [2.24, 2.45) is 5.92 Å². The number of halogens is 1. The lowest BCUT2D eigenvalue weighted by molar-refractivity contribution is 0.0943. The Bertz CT molecular complexity index is 1280. The molecule has 4 aromatic rings. The highest BCUT2D eigenvalue weighted by atomic mass is 35.5. The molecular weight excluding hydrogens is 424 g/mol. The summed E-state index contributed by atoms with van der Waals surface area (Å²) in [5.41, 5.74) is 9.81. The van der Waals surface area contributed by atoms with E-state index in [0.29, 0.717) is 28.9 Å². The second-order valence-electron chi connectivity index (χ2n) is 8.17. The summed E-state index contributed by atoms with van der Waals surface area (Å²) in [5.74, 6) is 0.309.